The van der Waals surface area contributed by atoms with Gasteiger partial charge in [0.1, 0.15) is 6.04 Å². The molecule has 0 saturated carbocycles. The van der Waals surface area contributed by atoms with Crippen LogP contribution in [0.3, 0.4) is 0 Å². The van der Waals surface area contributed by atoms with Crippen LogP contribution in [0.1, 0.15) is 16.7 Å². The summed E-state index contributed by atoms with van der Waals surface area (Å²) in [6.07, 6.45) is -4.51. The van der Waals surface area contributed by atoms with Crippen LogP contribution in [0.4, 0.5) is 23.7 Å². The highest BCUT2D eigenvalue weighted by molar-refractivity contribution is 7.89. The first-order chi connectivity index (χ1) is 18.4. The molecular weight excluding hydrogens is 539 g/mol. The van der Waals surface area contributed by atoms with Crippen molar-refractivity contribution < 1.29 is 40.7 Å². The summed E-state index contributed by atoms with van der Waals surface area (Å²) >= 11 is 0. The maximum absolute atomic E-state index is 13.4. The number of nitrogens with one attached hydrogen (secondary N) is 2. The van der Waals surface area contributed by atoms with Crippen LogP contribution in [0.2, 0.25) is 0 Å². The van der Waals surface area contributed by atoms with E-state index in [9.17, 15) is 31.2 Å². The number of fused-ring (bicyclic) bond motifs is 1. The van der Waals surface area contributed by atoms with Gasteiger partial charge in [0.05, 0.1) is 11.3 Å². The van der Waals surface area contributed by atoms with Gasteiger partial charge in [-0.2, -0.15) is 13.2 Å². The maximum atomic E-state index is 13.4. The molecule has 0 radical (unpaired) electrons. The van der Waals surface area contributed by atoms with Gasteiger partial charge in [-0.1, -0.05) is 42.5 Å². The summed E-state index contributed by atoms with van der Waals surface area (Å²) < 4.78 is 75.9. The lowest BCUT2D eigenvalue weighted by Crippen LogP contribution is -2.52. The van der Waals surface area contributed by atoms with Crippen molar-refractivity contribution in [2.45, 2.75) is 24.4 Å². The molecule has 0 spiro atoms. The Bertz CT molecular complexity index is 1450. The molecule has 1 heterocycles. The van der Waals surface area contributed by atoms with E-state index in [1.807, 2.05) is 4.72 Å². The standard InChI is InChI=1S/C26H24F3N3O6S/c1-32(20-11-12-22-23(14-20)38-16-37-22)24(33)21(13-17-5-3-2-4-6-17)30-25(34)31-39(35,36)15-18-7-9-19(10-8-18)26(27,28)29/h2-12,14,21H,13,15-16H2,1H3,(H2,30,31,34). The smallest absolute Gasteiger partial charge is 0.416 e. The predicted octanol–water partition coefficient (Wildman–Crippen LogP) is 3.84. The average molecular weight is 564 g/mol. The van der Waals surface area contributed by atoms with Gasteiger partial charge in [-0.3, -0.25) is 4.79 Å². The van der Waals surface area contributed by atoms with Gasteiger partial charge in [-0.05, 0) is 35.4 Å². The fraction of sp³-hybridized carbons (Fsp3) is 0.231. The minimum Gasteiger partial charge on any atom is -0.454 e. The number of urea groups is 1. The van der Waals surface area contributed by atoms with Gasteiger partial charge in [0.15, 0.2) is 11.5 Å². The SMILES string of the molecule is CN(C(=O)C(Cc1ccccc1)NC(=O)NS(=O)(=O)Cc1ccc(C(F)(F)F)cc1)c1ccc2c(c1)OCO2. The molecule has 3 aromatic rings. The van der Waals surface area contributed by atoms with E-state index in [1.54, 1.807) is 48.5 Å². The summed E-state index contributed by atoms with van der Waals surface area (Å²) in [7, 11) is -2.81. The van der Waals surface area contributed by atoms with Crippen LogP contribution in [0.15, 0.2) is 72.8 Å². The number of sulfonamides is 1. The normalized spacial score (nSPS) is 13.4. The molecule has 1 aliphatic rings. The van der Waals surface area contributed by atoms with Crippen LogP contribution in [0, 0.1) is 0 Å². The second kappa shape index (κ2) is 11.2. The molecule has 206 valence electrons. The zero-order valence-electron chi connectivity index (χ0n) is 20.6. The third kappa shape index (κ3) is 7.19. The average Bonchev–Trinajstić information content (AvgIpc) is 3.35. The van der Waals surface area contributed by atoms with Crippen LogP contribution in [-0.2, 0) is 33.2 Å². The van der Waals surface area contributed by atoms with Crippen LogP contribution in [-0.4, -0.2) is 40.2 Å². The van der Waals surface area contributed by atoms with Gasteiger partial charge in [-0.15, -0.1) is 0 Å². The second-order valence-corrected chi connectivity index (χ2v) is 10.4. The highest BCUT2D eigenvalue weighted by Crippen LogP contribution is 2.35. The van der Waals surface area contributed by atoms with E-state index < -0.39 is 45.5 Å². The zero-order chi connectivity index (χ0) is 28.2. The van der Waals surface area contributed by atoms with Gasteiger partial charge in [-0.25, -0.2) is 17.9 Å². The fourth-order valence-corrected chi connectivity index (χ4v) is 4.92. The molecule has 9 nitrogen and oxygen atoms in total. The first-order valence-electron chi connectivity index (χ1n) is 11.6. The number of hydrogen-bond acceptors (Lipinski definition) is 6. The number of rotatable bonds is 8. The minimum absolute atomic E-state index is 0.0442. The molecule has 13 heteroatoms. The lowest BCUT2D eigenvalue weighted by molar-refractivity contribution is -0.137. The number of alkyl halides is 3. The Morgan fingerprint density at radius 1 is 0.949 bits per heavy atom. The van der Waals surface area contributed by atoms with Crippen molar-refractivity contribution >= 4 is 27.6 Å². The summed E-state index contributed by atoms with van der Waals surface area (Å²) in [5.74, 6) is -0.302. The Labute approximate surface area is 222 Å². The molecule has 0 aromatic heterocycles. The molecule has 4 rings (SSSR count). The van der Waals surface area contributed by atoms with E-state index in [0.717, 1.165) is 24.3 Å². The van der Waals surface area contributed by atoms with Gasteiger partial charge in [0.25, 0.3) is 0 Å². The van der Waals surface area contributed by atoms with Crippen molar-refractivity contribution in [3.63, 3.8) is 0 Å². The van der Waals surface area contributed by atoms with E-state index in [2.05, 4.69) is 5.32 Å². The third-order valence-corrected chi connectivity index (χ3v) is 7.06. The Morgan fingerprint density at radius 2 is 1.62 bits per heavy atom. The van der Waals surface area contributed by atoms with Crippen molar-refractivity contribution in [1.29, 1.82) is 0 Å². The largest absolute Gasteiger partial charge is 0.454 e. The molecule has 0 fully saturated rings. The molecule has 3 aromatic carbocycles. The highest BCUT2D eigenvalue weighted by Gasteiger charge is 2.31. The Morgan fingerprint density at radius 3 is 2.28 bits per heavy atom. The number of amides is 3. The highest BCUT2D eigenvalue weighted by atomic mass is 32.2. The van der Waals surface area contributed by atoms with Crippen molar-refractivity contribution in [3.05, 3.63) is 89.5 Å². The molecule has 0 bridgehead atoms. The number of carbonyl (C=O) groups is 2. The van der Waals surface area contributed by atoms with Crippen LogP contribution in [0.25, 0.3) is 0 Å². The quantitative estimate of drug-likeness (QED) is 0.431. The topological polar surface area (TPSA) is 114 Å². The molecule has 0 aliphatic carbocycles. The molecule has 1 aliphatic heterocycles. The molecule has 3 amide bonds. The predicted molar refractivity (Wildman–Crippen MR) is 136 cm³/mol. The molecule has 0 saturated heterocycles. The van der Waals surface area contributed by atoms with Crippen molar-refractivity contribution in [3.8, 4) is 11.5 Å². The van der Waals surface area contributed by atoms with Gasteiger partial charge >= 0.3 is 12.2 Å². The number of nitrogens with zero attached hydrogens (tertiary/aromatic N) is 1. The summed E-state index contributed by atoms with van der Waals surface area (Å²) in [5, 5.41) is 2.41. The monoisotopic (exact) mass is 563 g/mol. The number of halogens is 3. The van der Waals surface area contributed by atoms with E-state index >= 15 is 0 Å². The Kier molecular flexibility index (Phi) is 8.00. The maximum Gasteiger partial charge on any atom is 0.416 e. The van der Waals surface area contributed by atoms with Crippen LogP contribution in [0.5, 0.6) is 11.5 Å². The molecule has 39 heavy (non-hydrogen) atoms. The molecule has 2 N–H and O–H groups in total. The van der Waals surface area contributed by atoms with Gasteiger partial charge in [0.2, 0.25) is 22.7 Å². The first-order valence-corrected chi connectivity index (χ1v) is 13.2. The zero-order valence-corrected chi connectivity index (χ0v) is 21.4. The van der Waals surface area contributed by atoms with E-state index in [1.165, 1.54) is 11.9 Å². The number of likely N-dealkylation sites (N-methyl/N-ethyl adjacent to an activating group) is 1. The second-order valence-electron chi connectivity index (χ2n) is 8.71. The molecule has 1 unspecified atom stereocenters. The van der Waals surface area contributed by atoms with Crippen molar-refractivity contribution in [1.82, 2.24) is 10.0 Å². The lowest BCUT2D eigenvalue weighted by atomic mass is 10.0. The number of benzene rings is 3. The van der Waals surface area contributed by atoms with Gasteiger partial charge < -0.3 is 19.7 Å². The number of carbonyl (C=O) groups excluding carboxylic acids is 2. The third-order valence-electron chi connectivity index (χ3n) is 5.85. The summed E-state index contributed by atoms with van der Waals surface area (Å²) in [5.41, 5.74) is 0.285. The molecular formula is C26H24F3N3O6S. The Balaban J connectivity index is 1.47. The summed E-state index contributed by atoms with van der Waals surface area (Å²) in [6.45, 7) is 0.0513. The van der Waals surface area contributed by atoms with E-state index in [4.69, 9.17) is 9.47 Å². The molecule has 1 atom stereocenters. The lowest BCUT2D eigenvalue weighted by Gasteiger charge is -2.25. The van der Waals surface area contributed by atoms with E-state index in [-0.39, 0.29) is 18.8 Å². The number of hydrogen-bond donors (Lipinski definition) is 2. The fourth-order valence-electron chi connectivity index (χ4n) is 3.88. The number of anilines is 1. The van der Waals surface area contributed by atoms with Crippen molar-refractivity contribution in [2.24, 2.45) is 0 Å². The van der Waals surface area contributed by atoms with Crippen LogP contribution < -0.4 is 24.4 Å². The number of ether oxygens (including phenoxy) is 2. The van der Waals surface area contributed by atoms with E-state index in [0.29, 0.717) is 22.7 Å². The minimum atomic E-state index is -4.57. The summed E-state index contributed by atoms with van der Waals surface area (Å²) in [6, 6.07) is 14.9. The van der Waals surface area contributed by atoms with Gasteiger partial charge in [0, 0.05) is 25.2 Å². The Hall–Kier alpha value is -4.26. The van der Waals surface area contributed by atoms with Crippen molar-refractivity contribution in [2.75, 3.05) is 18.7 Å². The first kappa shape index (κ1) is 27.8. The van der Waals surface area contributed by atoms with Crippen LogP contribution >= 0.6 is 0 Å². The summed E-state index contributed by atoms with van der Waals surface area (Å²) in [4.78, 5) is 27.4.